The maximum Gasteiger partial charge on any atom is 0.127 e. The third-order valence-corrected chi connectivity index (χ3v) is 2.87. The molecule has 0 amide bonds. The van der Waals surface area contributed by atoms with E-state index in [0.29, 0.717) is 17.0 Å². The summed E-state index contributed by atoms with van der Waals surface area (Å²) >= 11 is 5.93. The van der Waals surface area contributed by atoms with Gasteiger partial charge in [-0.1, -0.05) is 24.6 Å². The first-order valence-electron chi connectivity index (χ1n) is 6.10. The summed E-state index contributed by atoms with van der Waals surface area (Å²) in [6.45, 7) is 5.76. The van der Waals surface area contributed by atoms with E-state index in [9.17, 15) is 4.39 Å². The van der Waals surface area contributed by atoms with Crippen molar-refractivity contribution in [2.45, 2.75) is 19.8 Å². The SMILES string of the molecule is CCCNCCNCCc1c(F)cccc1Cl. The van der Waals surface area contributed by atoms with Crippen LogP contribution in [0.25, 0.3) is 0 Å². The Labute approximate surface area is 108 Å². The Morgan fingerprint density at radius 2 is 1.82 bits per heavy atom. The molecule has 0 bridgehead atoms. The molecule has 0 saturated carbocycles. The van der Waals surface area contributed by atoms with Crippen LogP contribution in [-0.2, 0) is 6.42 Å². The van der Waals surface area contributed by atoms with Gasteiger partial charge < -0.3 is 10.6 Å². The maximum absolute atomic E-state index is 13.4. The quantitative estimate of drug-likeness (QED) is 0.701. The van der Waals surface area contributed by atoms with E-state index >= 15 is 0 Å². The lowest BCUT2D eigenvalue weighted by molar-refractivity contribution is 0.584. The number of hydrogen-bond acceptors (Lipinski definition) is 2. The molecule has 0 radical (unpaired) electrons. The number of nitrogens with one attached hydrogen (secondary N) is 2. The first-order chi connectivity index (χ1) is 8.25. The third kappa shape index (κ3) is 5.48. The summed E-state index contributed by atoms with van der Waals surface area (Å²) in [6.07, 6.45) is 1.77. The Bertz CT molecular complexity index is 311. The van der Waals surface area contributed by atoms with Gasteiger partial charge in [0.25, 0.3) is 0 Å². The average Bonchev–Trinajstić information content (AvgIpc) is 2.31. The smallest absolute Gasteiger partial charge is 0.127 e. The van der Waals surface area contributed by atoms with Crippen LogP contribution in [0.4, 0.5) is 4.39 Å². The van der Waals surface area contributed by atoms with Crippen molar-refractivity contribution < 1.29 is 4.39 Å². The summed E-state index contributed by atoms with van der Waals surface area (Å²) in [5.74, 6) is -0.219. The van der Waals surface area contributed by atoms with E-state index in [0.717, 1.165) is 32.6 Å². The van der Waals surface area contributed by atoms with Crippen molar-refractivity contribution in [2.24, 2.45) is 0 Å². The molecule has 2 N–H and O–H groups in total. The van der Waals surface area contributed by atoms with Crippen molar-refractivity contribution in [1.29, 1.82) is 0 Å². The molecule has 17 heavy (non-hydrogen) atoms. The van der Waals surface area contributed by atoms with Gasteiger partial charge in [0.05, 0.1) is 0 Å². The Morgan fingerprint density at radius 3 is 2.47 bits per heavy atom. The predicted octanol–water partition coefficient (Wildman–Crippen LogP) is 2.61. The lowest BCUT2D eigenvalue weighted by atomic mass is 10.1. The fraction of sp³-hybridized carbons (Fsp3) is 0.538. The minimum atomic E-state index is -0.219. The molecule has 2 nitrogen and oxygen atoms in total. The van der Waals surface area contributed by atoms with Gasteiger partial charge in [-0.25, -0.2) is 4.39 Å². The lowest BCUT2D eigenvalue weighted by Gasteiger charge is -2.08. The second-order valence-corrected chi connectivity index (χ2v) is 4.36. The van der Waals surface area contributed by atoms with Gasteiger partial charge in [0.1, 0.15) is 5.82 Å². The highest BCUT2D eigenvalue weighted by Crippen LogP contribution is 2.18. The summed E-state index contributed by atoms with van der Waals surface area (Å²) in [5.41, 5.74) is 0.600. The molecular formula is C13H20ClFN2. The van der Waals surface area contributed by atoms with Crippen LogP contribution in [0.5, 0.6) is 0 Å². The topological polar surface area (TPSA) is 24.1 Å². The normalized spacial score (nSPS) is 10.8. The van der Waals surface area contributed by atoms with Gasteiger partial charge in [0.15, 0.2) is 0 Å². The van der Waals surface area contributed by atoms with Crippen LogP contribution in [0.15, 0.2) is 18.2 Å². The van der Waals surface area contributed by atoms with Crippen molar-refractivity contribution >= 4 is 11.6 Å². The van der Waals surface area contributed by atoms with Gasteiger partial charge >= 0.3 is 0 Å². The zero-order valence-corrected chi connectivity index (χ0v) is 11.0. The van der Waals surface area contributed by atoms with Crippen LogP contribution in [0.2, 0.25) is 5.02 Å². The second kappa shape index (κ2) is 8.45. The molecule has 0 aromatic heterocycles. The van der Waals surface area contributed by atoms with Crippen molar-refractivity contribution in [3.05, 3.63) is 34.6 Å². The van der Waals surface area contributed by atoms with Crippen LogP contribution in [-0.4, -0.2) is 26.2 Å². The van der Waals surface area contributed by atoms with Crippen LogP contribution in [0.3, 0.4) is 0 Å². The lowest BCUT2D eigenvalue weighted by Crippen LogP contribution is -2.29. The van der Waals surface area contributed by atoms with Crippen LogP contribution < -0.4 is 10.6 Å². The van der Waals surface area contributed by atoms with Crippen molar-refractivity contribution in [3.63, 3.8) is 0 Å². The Balaban J connectivity index is 2.18. The summed E-state index contributed by atoms with van der Waals surface area (Å²) in [5, 5.41) is 7.06. The molecule has 0 aliphatic carbocycles. The van der Waals surface area contributed by atoms with Gasteiger partial charge in [-0.3, -0.25) is 0 Å². The van der Waals surface area contributed by atoms with Crippen LogP contribution in [0, 0.1) is 5.82 Å². The van der Waals surface area contributed by atoms with Gasteiger partial charge in [-0.05, 0) is 38.1 Å². The Kier molecular flexibility index (Phi) is 7.17. The largest absolute Gasteiger partial charge is 0.315 e. The fourth-order valence-electron chi connectivity index (χ4n) is 1.59. The van der Waals surface area contributed by atoms with Crippen LogP contribution in [0.1, 0.15) is 18.9 Å². The van der Waals surface area contributed by atoms with E-state index in [-0.39, 0.29) is 5.82 Å². The molecule has 0 atom stereocenters. The Morgan fingerprint density at radius 1 is 1.12 bits per heavy atom. The number of hydrogen-bond donors (Lipinski definition) is 2. The van der Waals surface area contributed by atoms with Gasteiger partial charge in [0, 0.05) is 23.7 Å². The van der Waals surface area contributed by atoms with E-state index in [4.69, 9.17) is 11.6 Å². The van der Waals surface area contributed by atoms with E-state index < -0.39 is 0 Å². The summed E-state index contributed by atoms with van der Waals surface area (Å²) in [7, 11) is 0. The van der Waals surface area contributed by atoms with E-state index in [1.807, 2.05) is 0 Å². The van der Waals surface area contributed by atoms with E-state index in [1.54, 1.807) is 12.1 Å². The molecule has 0 saturated heterocycles. The molecule has 4 heteroatoms. The molecule has 0 aliphatic rings. The van der Waals surface area contributed by atoms with Crippen molar-refractivity contribution in [1.82, 2.24) is 10.6 Å². The fourth-order valence-corrected chi connectivity index (χ4v) is 1.85. The van der Waals surface area contributed by atoms with Gasteiger partial charge in [0.2, 0.25) is 0 Å². The first-order valence-corrected chi connectivity index (χ1v) is 6.47. The molecular weight excluding hydrogens is 239 g/mol. The first kappa shape index (κ1) is 14.4. The number of halogens is 2. The van der Waals surface area contributed by atoms with Crippen LogP contribution >= 0.6 is 11.6 Å². The highest BCUT2D eigenvalue weighted by atomic mass is 35.5. The van der Waals surface area contributed by atoms with Crippen molar-refractivity contribution in [2.75, 3.05) is 26.2 Å². The summed E-state index contributed by atoms with van der Waals surface area (Å²) in [4.78, 5) is 0. The average molecular weight is 259 g/mol. The van der Waals surface area contributed by atoms with E-state index in [2.05, 4.69) is 17.6 Å². The zero-order valence-electron chi connectivity index (χ0n) is 10.2. The molecule has 0 aliphatic heterocycles. The standard InChI is InChI=1S/C13H20ClFN2/c1-2-7-16-9-10-17-8-6-11-12(14)4-3-5-13(11)15/h3-5,16-17H,2,6-10H2,1H3. The minimum Gasteiger partial charge on any atom is -0.315 e. The summed E-state index contributed by atoms with van der Waals surface area (Å²) < 4.78 is 13.4. The molecule has 96 valence electrons. The van der Waals surface area contributed by atoms with Gasteiger partial charge in [-0.15, -0.1) is 0 Å². The zero-order chi connectivity index (χ0) is 12.5. The molecule has 0 spiro atoms. The maximum atomic E-state index is 13.4. The van der Waals surface area contributed by atoms with Crippen molar-refractivity contribution in [3.8, 4) is 0 Å². The minimum absolute atomic E-state index is 0.219. The highest BCUT2D eigenvalue weighted by Gasteiger charge is 2.05. The molecule has 1 aromatic carbocycles. The predicted molar refractivity (Wildman–Crippen MR) is 71.1 cm³/mol. The molecule has 0 unspecified atom stereocenters. The third-order valence-electron chi connectivity index (χ3n) is 2.52. The summed E-state index contributed by atoms with van der Waals surface area (Å²) in [6, 6.07) is 4.80. The second-order valence-electron chi connectivity index (χ2n) is 3.95. The number of benzene rings is 1. The van der Waals surface area contributed by atoms with E-state index in [1.165, 1.54) is 6.07 Å². The Hall–Kier alpha value is -0.640. The highest BCUT2D eigenvalue weighted by molar-refractivity contribution is 6.31. The molecule has 0 heterocycles. The molecule has 0 fully saturated rings. The monoisotopic (exact) mass is 258 g/mol. The molecule has 1 aromatic rings. The van der Waals surface area contributed by atoms with Gasteiger partial charge in [-0.2, -0.15) is 0 Å². The number of rotatable bonds is 8. The molecule has 1 rings (SSSR count).